The zero-order chi connectivity index (χ0) is 11.3. The van der Waals surface area contributed by atoms with Gasteiger partial charge in [0.05, 0.1) is 11.1 Å². The summed E-state index contributed by atoms with van der Waals surface area (Å²) in [6, 6.07) is 6.85. The third-order valence-corrected chi connectivity index (χ3v) is 2.86. The van der Waals surface area contributed by atoms with Crippen LogP contribution in [-0.2, 0) is 0 Å². The molecular formula is C13H8O3. The van der Waals surface area contributed by atoms with Crippen molar-refractivity contribution in [1.29, 1.82) is 0 Å². The van der Waals surface area contributed by atoms with Crippen molar-refractivity contribution in [3.05, 3.63) is 58.5 Å². The van der Waals surface area contributed by atoms with E-state index in [2.05, 4.69) is 0 Å². The molecule has 78 valence electrons. The van der Waals surface area contributed by atoms with E-state index in [1.54, 1.807) is 31.2 Å². The Morgan fingerprint density at radius 2 is 1.56 bits per heavy atom. The van der Waals surface area contributed by atoms with Gasteiger partial charge in [0.1, 0.15) is 12.0 Å². The molecule has 3 heteroatoms. The average molecular weight is 212 g/mol. The number of aryl methyl sites for hydroxylation is 1. The Bertz CT molecular complexity index is 620. The molecule has 0 fully saturated rings. The Kier molecular flexibility index (Phi) is 1.66. The van der Waals surface area contributed by atoms with Gasteiger partial charge in [-0.05, 0) is 6.92 Å². The van der Waals surface area contributed by atoms with Crippen LogP contribution in [0.5, 0.6) is 0 Å². The van der Waals surface area contributed by atoms with Crippen LogP contribution in [0, 0.1) is 6.92 Å². The Morgan fingerprint density at radius 3 is 2.25 bits per heavy atom. The van der Waals surface area contributed by atoms with Crippen molar-refractivity contribution in [2.24, 2.45) is 0 Å². The lowest BCUT2D eigenvalue weighted by molar-refractivity contribution is 0.0979. The van der Waals surface area contributed by atoms with E-state index < -0.39 is 0 Å². The van der Waals surface area contributed by atoms with Gasteiger partial charge in [-0.15, -0.1) is 0 Å². The number of carbonyl (C=O) groups excluding carboxylic acids is 2. The highest BCUT2D eigenvalue weighted by Crippen LogP contribution is 2.29. The minimum Gasteiger partial charge on any atom is -0.468 e. The third-order valence-electron chi connectivity index (χ3n) is 2.86. The molecule has 0 bridgehead atoms. The predicted molar refractivity (Wildman–Crippen MR) is 56.8 cm³/mol. The topological polar surface area (TPSA) is 47.3 Å². The van der Waals surface area contributed by atoms with E-state index in [0.717, 1.165) is 0 Å². The molecule has 0 N–H and O–H groups in total. The van der Waals surface area contributed by atoms with Crippen LogP contribution in [0.2, 0.25) is 0 Å². The molecule has 1 aromatic heterocycles. The molecule has 3 nitrogen and oxygen atoms in total. The quantitative estimate of drug-likeness (QED) is 0.574. The molecule has 0 saturated carbocycles. The molecule has 1 aromatic carbocycles. The highest BCUT2D eigenvalue weighted by molar-refractivity contribution is 6.28. The van der Waals surface area contributed by atoms with Crippen molar-refractivity contribution in [3.8, 4) is 0 Å². The highest BCUT2D eigenvalue weighted by Gasteiger charge is 2.32. The van der Waals surface area contributed by atoms with Crippen molar-refractivity contribution in [2.75, 3.05) is 0 Å². The number of hydrogen-bond acceptors (Lipinski definition) is 3. The normalized spacial score (nSPS) is 13.6. The van der Waals surface area contributed by atoms with Crippen molar-refractivity contribution in [3.63, 3.8) is 0 Å². The third kappa shape index (κ3) is 0.972. The number of fused-ring (bicyclic) bond motifs is 2. The molecule has 0 spiro atoms. The van der Waals surface area contributed by atoms with Crippen LogP contribution >= 0.6 is 0 Å². The van der Waals surface area contributed by atoms with Gasteiger partial charge in [0.2, 0.25) is 0 Å². The molecule has 1 heterocycles. The number of carbonyl (C=O) groups is 2. The number of furan rings is 1. The Morgan fingerprint density at radius 1 is 0.938 bits per heavy atom. The molecule has 0 atom stereocenters. The highest BCUT2D eigenvalue weighted by atomic mass is 16.3. The minimum atomic E-state index is -0.137. The Balaban J connectivity index is 2.36. The fourth-order valence-corrected chi connectivity index (χ4v) is 2.06. The van der Waals surface area contributed by atoms with Crippen molar-refractivity contribution in [1.82, 2.24) is 0 Å². The first kappa shape index (κ1) is 9.09. The monoisotopic (exact) mass is 212 g/mol. The average Bonchev–Trinajstić information content (AvgIpc) is 2.69. The maximum atomic E-state index is 12.1. The molecule has 0 radical (unpaired) electrons. The molecule has 0 unspecified atom stereocenters. The van der Waals surface area contributed by atoms with Crippen molar-refractivity contribution < 1.29 is 14.0 Å². The molecule has 1 aliphatic rings. The molecule has 0 aliphatic heterocycles. The molecule has 1 aliphatic carbocycles. The minimum absolute atomic E-state index is 0.128. The second-order valence-electron chi connectivity index (χ2n) is 3.78. The van der Waals surface area contributed by atoms with E-state index in [0.29, 0.717) is 28.0 Å². The SMILES string of the molecule is Cc1occ2c1C(=O)c1ccccc1C2=O. The maximum absolute atomic E-state index is 12.1. The van der Waals surface area contributed by atoms with Crippen LogP contribution in [-0.4, -0.2) is 11.6 Å². The summed E-state index contributed by atoms with van der Waals surface area (Å²) in [6.45, 7) is 1.69. The fraction of sp³-hybridized carbons (Fsp3) is 0.0769. The Labute approximate surface area is 91.7 Å². The largest absolute Gasteiger partial charge is 0.468 e. The first-order chi connectivity index (χ1) is 7.70. The summed E-state index contributed by atoms with van der Waals surface area (Å²) in [4.78, 5) is 24.2. The van der Waals surface area contributed by atoms with Crippen molar-refractivity contribution >= 4 is 11.6 Å². The summed E-state index contributed by atoms with van der Waals surface area (Å²) in [5, 5.41) is 0. The van der Waals surface area contributed by atoms with Crippen LogP contribution in [0.15, 0.2) is 34.9 Å². The number of benzene rings is 1. The van der Waals surface area contributed by atoms with Gasteiger partial charge in [-0.25, -0.2) is 0 Å². The number of ketones is 2. The van der Waals surface area contributed by atoms with E-state index >= 15 is 0 Å². The van der Waals surface area contributed by atoms with E-state index in [1.807, 2.05) is 0 Å². The molecule has 0 amide bonds. The van der Waals surface area contributed by atoms with Crippen LogP contribution in [0.1, 0.15) is 37.6 Å². The van der Waals surface area contributed by atoms with Gasteiger partial charge in [-0.1, -0.05) is 24.3 Å². The predicted octanol–water partition coefficient (Wildman–Crippen LogP) is 2.36. The first-order valence-electron chi connectivity index (χ1n) is 4.96. The van der Waals surface area contributed by atoms with Gasteiger partial charge >= 0.3 is 0 Å². The zero-order valence-electron chi connectivity index (χ0n) is 8.61. The zero-order valence-corrected chi connectivity index (χ0v) is 8.61. The van der Waals surface area contributed by atoms with Gasteiger partial charge in [-0.3, -0.25) is 9.59 Å². The summed E-state index contributed by atoms with van der Waals surface area (Å²) in [7, 11) is 0. The molecule has 0 saturated heterocycles. The van der Waals surface area contributed by atoms with E-state index in [1.165, 1.54) is 6.26 Å². The summed E-state index contributed by atoms with van der Waals surface area (Å²) < 4.78 is 5.15. The van der Waals surface area contributed by atoms with Gasteiger partial charge < -0.3 is 4.42 Å². The second kappa shape index (κ2) is 2.92. The molecule has 2 aromatic rings. The van der Waals surface area contributed by atoms with E-state index in [4.69, 9.17) is 4.42 Å². The standard InChI is InChI=1S/C13H8O3/c1-7-11-10(6-16-7)12(14)8-4-2-3-5-9(8)13(11)15/h2-6H,1H3. The second-order valence-corrected chi connectivity index (χ2v) is 3.78. The summed E-state index contributed by atoms with van der Waals surface area (Å²) >= 11 is 0. The number of hydrogen-bond donors (Lipinski definition) is 0. The van der Waals surface area contributed by atoms with E-state index in [9.17, 15) is 9.59 Å². The van der Waals surface area contributed by atoms with Gasteiger partial charge in [0, 0.05) is 11.1 Å². The van der Waals surface area contributed by atoms with Crippen LogP contribution in [0.3, 0.4) is 0 Å². The molecular weight excluding hydrogens is 204 g/mol. The Hall–Kier alpha value is -2.16. The lowest BCUT2D eigenvalue weighted by atomic mass is 9.85. The smallest absolute Gasteiger partial charge is 0.198 e. The summed E-state index contributed by atoms with van der Waals surface area (Å²) in [5.74, 6) is 0.237. The van der Waals surface area contributed by atoms with Crippen LogP contribution in [0.25, 0.3) is 0 Å². The lowest BCUT2D eigenvalue weighted by Crippen LogP contribution is -2.19. The summed E-state index contributed by atoms with van der Waals surface area (Å²) in [5.41, 5.74) is 1.70. The van der Waals surface area contributed by atoms with Crippen LogP contribution < -0.4 is 0 Å². The molecule has 16 heavy (non-hydrogen) atoms. The first-order valence-corrected chi connectivity index (χ1v) is 4.96. The number of rotatable bonds is 0. The summed E-state index contributed by atoms with van der Waals surface area (Å²) in [6.07, 6.45) is 1.36. The van der Waals surface area contributed by atoms with Gasteiger partial charge in [0.25, 0.3) is 0 Å². The molecule has 3 rings (SSSR count). The van der Waals surface area contributed by atoms with Gasteiger partial charge in [0.15, 0.2) is 11.6 Å². The van der Waals surface area contributed by atoms with E-state index in [-0.39, 0.29) is 11.6 Å². The fourth-order valence-electron chi connectivity index (χ4n) is 2.06. The lowest BCUT2D eigenvalue weighted by Gasteiger charge is -2.13. The van der Waals surface area contributed by atoms with Crippen LogP contribution in [0.4, 0.5) is 0 Å². The maximum Gasteiger partial charge on any atom is 0.198 e. The van der Waals surface area contributed by atoms with Gasteiger partial charge in [-0.2, -0.15) is 0 Å². The van der Waals surface area contributed by atoms with Crippen molar-refractivity contribution in [2.45, 2.75) is 6.92 Å².